The van der Waals surface area contributed by atoms with E-state index in [1.807, 2.05) is 6.07 Å². The predicted octanol–water partition coefficient (Wildman–Crippen LogP) is 4.88. The highest BCUT2D eigenvalue weighted by Gasteiger charge is 2.34. The standard InChI is InChI=1S/C20H16Br2N2O4/c1-3-9-28-18-15(27-2)11-12(16(21)17(18)22)10-14-19(25)23-20(26)24(14)13-7-5-4-6-8-13/h3-8,10-11H,1,9H2,2H3,(H,23,25,26). The molecule has 3 rings (SSSR count). The molecule has 6 nitrogen and oxygen atoms in total. The lowest BCUT2D eigenvalue weighted by atomic mass is 10.1. The van der Waals surface area contributed by atoms with Crippen LogP contribution in [0.1, 0.15) is 5.56 Å². The van der Waals surface area contributed by atoms with Crippen molar-refractivity contribution in [3.63, 3.8) is 0 Å². The zero-order valence-corrected chi connectivity index (χ0v) is 18.0. The molecule has 0 radical (unpaired) electrons. The van der Waals surface area contributed by atoms with Gasteiger partial charge in [-0.25, -0.2) is 4.79 Å². The predicted molar refractivity (Wildman–Crippen MR) is 115 cm³/mol. The van der Waals surface area contributed by atoms with Crippen molar-refractivity contribution in [1.29, 1.82) is 0 Å². The van der Waals surface area contributed by atoms with E-state index in [4.69, 9.17) is 9.47 Å². The number of benzene rings is 2. The van der Waals surface area contributed by atoms with Gasteiger partial charge in [0.05, 0.1) is 17.3 Å². The van der Waals surface area contributed by atoms with Crippen molar-refractivity contribution < 1.29 is 19.1 Å². The molecule has 0 unspecified atom stereocenters. The summed E-state index contributed by atoms with van der Waals surface area (Å²) in [4.78, 5) is 26.0. The summed E-state index contributed by atoms with van der Waals surface area (Å²) in [6.45, 7) is 3.94. The van der Waals surface area contributed by atoms with Gasteiger partial charge in [-0.2, -0.15) is 0 Å². The molecule has 8 heteroatoms. The molecule has 0 bridgehead atoms. The number of methoxy groups -OCH3 is 1. The average Bonchev–Trinajstić information content (AvgIpc) is 2.98. The van der Waals surface area contributed by atoms with Gasteiger partial charge in [0.25, 0.3) is 5.91 Å². The number of anilines is 1. The van der Waals surface area contributed by atoms with Gasteiger partial charge in [-0.05, 0) is 61.7 Å². The fraction of sp³-hybridized carbons (Fsp3) is 0.100. The lowest BCUT2D eigenvalue weighted by Gasteiger charge is -2.17. The van der Waals surface area contributed by atoms with E-state index in [0.29, 0.717) is 38.3 Å². The van der Waals surface area contributed by atoms with Crippen LogP contribution in [0.4, 0.5) is 10.5 Å². The van der Waals surface area contributed by atoms with Gasteiger partial charge in [0.2, 0.25) is 0 Å². The summed E-state index contributed by atoms with van der Waals surface area (Å²) in [5.74, 6) is 0.492. The number of halogens is 2. The van der Waals surface area contributed by atoms with E-state index in [9.17, 15) is 9.59 Å². The van der Waals surface area contributed by atoms with Gasteiger partial charge >= 0.3 is 6.03 Å². The fourth-order valence-electron chi connectivity index (χ4n) is 2.68. The fourth-order valence-corrected chi connectivity index (χ4v) is 3.62. The average molecular weight is 508 g/mol. The van der Waals surface area contributed by atoms with Crippen LogP contribution in [0.15, 0.2) is 63.7 Å². The molecule has 1 N–H and O–H groups in total. The maximum Gasteiger partial charge on any atom is 0.333 e. The summed E-state index contributed by atoms with van der Waals surface area (Å²) < 4.78 is 12.4. The zero-order chi connectivity index (χ0) is 20.3. The Balaban J connectivity index is 2.11. The molecule has 0 spiro atoms. The number of imide groups is 1. The summed E-state index contributed by atoms with van der Waals surface area (Å²) in [7, 11) is 1.52. The molecule has 1 heterocycles. The van der Waals surface area contributed by atoms with Crippen molar-refractivity contribution in [2.75, 3.05) is 18.6 Å². The zero-order valence-electron chi connectivity index (χ0n) is 14.9. The second-order valence-corrected chi connectivity index (χ2v) is 7.27. The molecule has 0 aliphatic carbocycles. The smallest absolute Gasteiger partial charge is 0.333 e. The first-order chi connectivity index (χ1) is 13.5. The quantitative estimate of drug-likeness (QED) is 0.343. The van der Waals surface area contributed by atoms with Crippen molar-refractivity contribution in [3.8, 4) is 11.5 Å². The van der Waals surface area contributed by atoms with Crippen LogP contribution in [0.3, 0.4) is 0 Å². The topological polar surface area (TPSA) is 67.9 Å². The Morgan fingerprint density at radius 2 is 1.89 bits per heavy atom. The van der Waals surface area contributed by atoms with Crippen molar-refractivity contribution in [2.24, 2.45) is 0 Å². The van der Waals surface area contributed by atoms with Gasteiger partial charge in [0.15, 0.2) is 11.5 Å². The van der Waals surface area contributed by atoms with Gasteiger partial charge in [-0.1, -0.05) is 30.9 Å². The number of nitrogens with zero attached hydrogens (tertiary/aromatic N) is 1. The monoisotopic (exact) mass is 506 g/mol. The molecule has 3 amide bonds. The van der Waals surface area contributed by atoms with Crippen LogP contribution in [0.2, 0.25) is 0 Å². The molecule has 1 fully saturated rings. The molecule has 0 aromatic heterocycles. The van der Waals surface area contributed by atoms with E-state index in [1.165, 1.54) is 12.0 Å². The van der Waals surface area contributed by atoms with Gasteiger partial charge in [0.1, 0.15) is 12.3 Å². The molecule has 0 saturated carbocycles. The van der Waals surface area contributed by atoms with Crippen LogP contribution in [0, 0.1) is 0 Å². The van der Waals surface area contributed by atoms with Gasteiger partial charge in [-0.3, -0.25) is 15.0 Å². The van der Waals surface area contributed by atoms with E-state index in [-0.39, 0.29) is 5.70 Å². The highest BCUT2D eigenvalue weighted by molar-refractivity contribution is 9.13. The number of hydrogen-bond acceptors (Lipinski definition) is 4. The minimum atomic E-state index is -0.504. The Labute approximate surface area is 179 Å². The third-order valence-electron chi connectivity index (χ3n) is 3.93. The third-order valence-corrected chi connectivity index (χ3v) is 6.07. The first-order valence-electron chi connectivity index (χ1n) is 8.19. The molecule has 2 aromatic rings. The number of nitrogens with one attached hydrogen (secondary N) is 1. The minimum Gasteiger partial charge on any atom is -0.493 e. The number of rotatable bonds is 6. The number of urea groups is 1. The molecule has 2 aromatic carbocycles. The van der Waals surface area contributed by atoms with Crippen LogP contribution in [0.5, 0.6) is 11.5 Å². The number of para-hydroxylation sites is 1. The van der Waals surface area contributed by atoms with E-state index in [2.05, 4.69) is 43.8 Å². The Hall–Kier alpha value is -2.58. The second kappa shape index (κ2) is 8.62. The Bertz CT molecular complexity index is 974. The second-order valence-electron chi connectivity index (χ2n) is 5.68. The lowest BCUT2D eigenvalue weighted by molar-refractivity contribution is -0.115. The first kappa shape index (κ1) is 20.2. The van der Waals surface area contributed by atoms with Gasteiger partial charge in [0, 0.05) is 4.47 Å². The molecule has 1 aliphatic heterocycles. The first-order valence-corrected chi connectivity index (χ1v) is 9.78. The highest BCUT2D eigenvalue weighted by atomic mass is 79.9. The van der Waals surface area contributed by atoms with E-state index >= 15 is 0 Å². The molecule has 28 heavy (non-hydrogen) atoms. The van der Waals surface area contributed by atoms with Crippen LogP contribution in [-0.4, -0.2) is 25.7 Å². The van der Waals surface area contributed by atoms with Crippen molar-refractivity contribution in [1.82, 2.24) is 5.32 Å². The Morgan fingerprint density at radius 3 is 2.54 bits per heavy atom. The van der Waals surface area contributed by atoms with Gasteiger partial charge < -0.3 is 9.47 Å². The van der Waals surface area contributed by atoms with Crippen molar-refractivity contribution in [3.05, 3.63) is 69.3 Å². The lowest BCUT2D eigenvalue weighted by Crippen LogP contribution is -2.27. The molecule has 0 atom stereocenters. The number of carbonyl (C=O) groups is 2. The maximum atomic E-state index is 12.4. The number of amides is 3. The maximum absolute atomic E-state index is 12.4. The molecule has 1 aliphatic rings. The SMILES string of the molecule is C=CCOc1c(OC)cc(C=C2C(=O)NC(=O)N2c2ccccc2)c(Br)c1Br. The Morgan fingerprint density at radius 1 is 1.18 bits per heavy atom. The van der Waals surface area contributed by atoms with E-state index < -0.39 is 11.9 Å². The summed E-state index contributed by atoms with van der Waals surface area (Å²) in [5.41, 5.74) is 1.42. The third kappa shape index (κ3) is 3.83. The largest absolute Gasteiger partial charge is 0.493 e. The van der Waals surface area contributed by atoms with Crippen LogP contribution < -0.4 is 19.7 Å². The van der Waals surface area contributed by atoms with Crippen molar-refractivity contribution in [2.45, 2.75) is 0 Å². The molecule has 144 valence electrons. The number of carbonyl (C=O) groups excluding carboxylic acids is 2. The summed E-state index contributed by atoms with van der Waals surface area (Å²) in [6, 6.07) is 10.2. The molecular formula is C20H16Br2N2O4. The van der Waals surface area contributed by atoms with Crippen LogP contribution in [0.25, 0.3) is 6.08 Å². The number of ether oxygens (including phenoxy) is 2. The minimum absolute atomic E-state index is 0.200. The summed E-state index contributed by atoms with van der Waals surface area (Å²) in [6.07, 6.45) is 3.24. The number of hydrogen-bond donors (Lipinski definition) is 1. The van der Waals surface area contributed by atoms with Crippen LogP contribution in [-0.2, 0) is 4.79 Å². The normalized spacial score (nSPS) is 15.0. The van der Waals surface area contributed by atoms with Crippen LogP contribution >= 0.6 is 31.9 Å². The van der Waals surface area contributed by atoms with Gasteiger partial charge in [-0.15, -0.1) is 0 Å². The molecular weight excluding hydrogens is 492 g/mol. The van der Waals surface area contributed by atoms with E-state index in [0.717, 1.165) is 0 Å². The summed E-state index contributed by atoms with van der Waals surface area (Å²) >= 11 is 7.01. The van der Waals surface area contributed by atoms with E-state index in [1.54, 1.807) is 42.5 Å². The molecule has 1 saturated heterocycles. The van der Waals surface area contributed by atoms with Crippen molar-refractivity contribution >= 4 is 55.6 Å². The summed E-state index contributed by atoms with van der Waals surface area (Å²) in [5, 5.41) is 2.32. The Kier molecular flexibility index (Phi) is 6.21. The highest BCUT2D eigenvalue weighted by Crippen LogP contribution is 2.43.